The fraction of sp³-hybridized carbons (Fsp3) is 0.400. The Morgan fingerprint density at radius 3 is 2.15 bits per heavy atom. The molecule has 0 unspecified atom stereocenters. The predicted molar refractivity (Wildman–Crippen MR) is 129 cm³/mol. The van der Waals surface area contributed by atoms with Gasteiger partial charge in [0.15, 0.2) is 0 Å². The number of carbonyl (C=O) groups is 1. The molecule has 0 aliphatic carbocycles. The van der Waals surface area contributed by atoms with Gasteiger partial charge < -0.3 is 19.4 Å². The van der Waals surface area contributed by atoms with Crippen molar-refractivity contribution in [2.75, 3.05) is 26.2 Å². The van der Waals surface area contributed by atoms with E-state index in [0.717, 1.165) is 16.5 Å². The zero-order valence-corrected chi connectivity index (χ0v) is 20.5. The Kier molecular flexibility index (Phi) is 10.6. The maximum absolute atomic E-state index is 12.3. The highest BCUT2D eigenvalue weighted by Crippen LogP contribution is 2.22. The van der Waals surface area contributed by atoms with Gasteiger partial charge in [-0.2, -0.15) is 0 Å². The summed E-state index contributed by atoms with van der Waals surface area (Å²) in [6, 6.07) is 15.9. The molecule has 33 heavy (non-hydrogen) atoms. The van der Waals surface area contributed by atoms with Crippen LogP contribution in [0.1, 0.15) is 32.8 Å². The van der Waals surface area contributed by atoms with E-state index in [1.54, 1.807) is 35.2 Å². The Hall–Kier alpha value is -2.68. The Labute approximate surface area is 197 Å². The molecule has 2 N–H and O–H groups in total. The first kappa shape index (κ1) is 26.6. The molecule has 0 aliphatic rings. The number of hydrogen-bond donors (Lipinski definition) is 2. The lowest BCUT2D eigenvalue weighted by atomic mass is 10.1. The number of carboxylic acids is 1. The number of rotatable bonds is 11. The van der Waals surface area contributed by atoms with E-state index >= 15 is 0 Å². The van der Waals surface area contributed by atoms with Crippen molar-refractivity contribution in [3.8, 4) is 0 Å². The Balaban J connectivity index is 0.000000479. The van der Waals surface area contributed by atoms with E-state index in [4.69, 9.17) is 0 Å². The van der Waals surface area contributed by atoms with Crippen molar-refractivity contribution in [3.63, 3.8) is 0 Å². The molecule has 8 heteroatoms. The number of hydrogen-bond acceptors (Lipinski definition) is 4. The summed E-state index contributed by atoms with van der Waals surface area (Å²) in [5.41, 5.74) is 1.89. The van der Waals surface area contributed by atoms with Crippen LogP contribution in [0, 0.1) is 0 Å². The Bertz CT molecular complexity index is 1100. The number of nitrogens with one attached hydrogen (secondary N) is 2. The molecule has 7 nitrogen and oxygen atoms in total. The molecule has 1 aromatic heterocycles. The maximum atomic E-state index is 12.3. The largest absolute Gasteiger partial charge is 0.550 e. The Morgan fingerprint density at radius 2 is 1.58 bits per heavy atom. The molecule has 0 atom stereocenters. The molecule has 0 amide bonds. The summed E-state index contributed by atoms with van der Waals surface area (Å²) in [6.07, 6.45) is 2.31. The van der Waals surface area contributed by atoms with Gasteiger partial charge in [0, 0.05) is 42.6 Å². The molecular formula is C25H35N3O4S. The molecule has 0 spiro atoms. The average molecular weight is 474 g/mol. The van der Waals surface area contributed by atoms with Crippen LogP contribution in [0.4, 0.5) is 0 Å². The maximum Gasteiger partial charge on any atom is 0.240 e. The highest BCUT2D eigenvalue weighted by Gasteiger charge is 2.14. The lowest BCUT2D eigenvalue weighted by Crippen LogP contribution is -3.11. The van der Waals surface area contributed by atoms with E-state index in [0.29, 0.717) is 13.0 Å². The second kappa shape index (κ2) is 13.1. The summed E-state index contributed by atoms with van der Waals surface area (Å²) in [5.74, 6) is -1.10. The number of nitrogens with zero attached hydrogens (tertiary/aromatic N) is 1. The highest BCUT2D eigenvalue weighted by atomic mass is 32.2. The van der Waals surface area contributed by atoms with Crippen LogP contribution in [-0.2, 0) is 27.8 Å². The van der Waals surface area contributed by atoms with Crippen LogP contribution in [0.15, 0.2) is 65.7 Å². The SMILES string of the molecule is CC[NH+](CC)CC.O=C([O-])CCn1cc(CCNS(=O)(=O)c2ccccc2)c2ccccc21. The van der Waals surface area contributed by atoms with Crippen LogP contribution in [0.5, 0.6) is 0 Å². The van der Waals surface area contributed by atoms with Gasteiger partial charge >= 0.3 is 0 Å². The molecular weight excluding hydrogens is 438 g/mol. The number of aromatic nitrogens is 1. The molecule has 2 aromatic carbocycles. The molecule has 0 aliphatic heterocycles. The molecule has 180 valence electrons. The number of carbonyl (C=O) groups excluding carboxylic acids is 1. The topological polar surface area (TPSA) is 95.7 Å². The first-order valence-electron chi connectivity index (χ1n) is 11.5. The molecule has 0 saturated heterocycles. The number of fused-ring (bicyclic) bond motifs is 1. The van der Waals surface area contributed by atoms with Crippen LogP contribution in [-0.4, -0.2) is 45.1 Å². The van der Waals surface area contributed by atoms with Gasteiger partial charge in [-0.25, -0.2) is 13.1 Å². The van der Waals surface area contributed by atoms with Crippen LogP contribution < -0.4 is 14.7 Å². The lowest BCUT2D eigenvalue weighted by molar-refractivity contribution is -0.894. The zero-order valence-electron chi connectivity index (χ0n) is 19.7. The minimum absolute atomic E-state index is 0.0707. The van der Waals surface area contributed by atoms with Crippen molar-refractivity contribution in [1.82, 2.24) is 9.29 Å². The van der Waals surface area contributed by atoms with Crippen molar-refractivity contribution in [3.05, 3.63) is 66.4 Å². The summed E-state index contributed by atoms with van der Waals surface area (Å²) in [5, 5.41) is 11.7. The third-order valence-corrected chi connectivity index (χ3v) is 7.14. The van der Waals surface area contributed by atoms with Gasteiger partial charge in [-0.1, -0.05) is 36.4 Å². The van der Waals surface area contributed by atoms with Crippen LogP contribution in [0.3, 0.4) is 0 Å². The smallest absolute Gasteiger partial charge is 0.240 e. The fourth-order valence-corrected chi connectivity index (χ4v) is 4.72. The number of benzene rings is 2. The summed E-state index contributed by atoms with van der Waals surface area (Å²) in [6.45, 7) is 11.1. The van der Waals surface area contributed by atoms with Gasteiger partial charge in [-0.15, -0.1) is 0 Å². The van der Waals surface area contributed by atoms with Crippen molar-refractivity contribution in [1.29, 1.82) is 0 Å². The fourth-order valence-electron chi connectivity index (χ4n) is 3.67. The summed E-state index contributed by atoms with van der Waals surface area (Å²) in [4.78, 5) is 12.6. The van der Waals surface area contributed by atoms with Gasteiger partial charge in [0.1, 0.15) is 0 Å². The third kappa shape index (κ3) is 7.99. The second-order valence-electron chi connectivity index (χ2n) is 7.76. The van der Waals surface area contributed by atoms with Crippen molar-refractivity contribution >= 4 is 26.9 Å². The highest BCUT2D eigenvalue weighted by molar-refractivity contribution is 7.89. The van der Waals surface area contributed by atoms with Crippen LogP contribution in [0.2, 0.25) is 0 Å². The molecule has 1 heterocycles. The zero-order chi connectivity index (χ0) is 24.3. The predicted octanol–water partition coefficient (Wildman–Crippen LogP) is 1.23. The molecule has 0 bridgehead atoms. The summed E-state index contributed by atoms with van der Waals surface area (Å²) >= 11 is 0. The number of aryl methyl sites for hydroxylation is 1. The minimum Gasteiger partial charge on any atom is -0.550 e. The van der Waals surface area contributed by atoms with E-state index in [1.165, 1.54) is 19.6 Å². The molecule has 0 radical (unpaired) electrons. The molecule has 0 saturated carbocycles. The minimum atomic E-state index is -3.54. The van der Waals surface area contributed by atoms with Crippen LogP contribution >= 0.6 is 0 Å². The van der Waals surface area contributed by atoms with Gasteiger partial charge in [0.05, 0.1) is 24.5 Å². The molecule has 3 aromatic rings. The number of quaternary nitrogens is 1. The number of para-hydroxylation sites is 1. The number of aliphatic carboxylic acids is 1. The molecule has 3 rings (SSSR count). The van der Waals surface area contributed by atoms with Crippen molar-refractivity contribution in [2.24, 2.45) is 0 Å². The van der Waals surface area contributed by atoms with Gasteiger partial charge in [0.25, 0.3) is 0 Å². The summed E-state index contributed by atoms with van der Waals surface area (Å²) < 4.78 is 29.0. The van der Waals surface area contributed by atoms with Crippen molar-refractivity contribution < 1.29 is 23.2 Å². The van der Waals surface area contributed by atoms with E-state index in [2.05, 4.69) is 25.5 Å². The second-order valence-corrected chi connectivity index (χ2v) is 9.53. The van der Waals surface area contributed by atoms with E-state index < -0.39 is 16.0 Å². The summed E-state index contributed by atoms with van der Waals surface area (Å²) in [7, 11) is -3.54. The third-order valence-electron chi connectivity index (χ3n) is 5.67. The normalized spacial score (nSPS) is 11.4. The first-order chi connectivity index (χ1) is 15.8. The monoisotopic (exact) mass is 473 g/mol. The number of carboxylic acid groups (broad SMARTS) is 1. The number of sulfonamides is 1. The first-order valence-corrected chi connectivity index (χ1v) is 13.0. The van der Waals surface area contributed by atoms with Gasteiger partial charge in [0.2, 0.25) is 10.0 Å². The van der Waals surface area contributed by atoms with Crippen LogP contribution in [0.25, 0.3) is 10.9 Å². The average Bonchev–Trinajstić information content (AvgIpc) is 3.17. The van der Waals surface area contributed by atoms with Gasteiger partial charge in [-0.05, 0) is 51.0 Å². The standard InChI is InChI=1S/C19H20N2O4S.C6H15N/c22-19(23)11-13-21-14-15(17-8-4-5-9-18(17)21)10-12-20-26(24,25)16-6-2-1-3-7-16;1-4-7(5-2)6-3/h1-9,14,20H,10-13H2,(H,22,23);4-6H2,1-3H3. The Morgan fingerprint density at radius 1 is 0.970 bits per heavy atom. The quantitative estimate of drug-likeness (QED) is 0.438. The lowest BCUT2D eigenvalue weighted by Gasteiger charge is -2.10. The van der Waals surface area contributed by atoms with Crippen molar-refractivity contribution in [2.45, 2.75) is 45.1 Å². The van der Waals surface area contributed by atoms with E-state index in [-0.39, 0.29) is 17.9 Å². The molecule has 0 fully saturated rings. The van der Waals surface area contributed by atoms with E-state index in [9.17, 15) is 18.3 Å². The van der Waals surface area contributed by atoms with Gasteiger partial charge in [-0.3, -0.25) is 0 Å². The van der Waals surface area contributed by atoms with E-state index in [1.807, 2.05) is 35.0 Å².